The fourth-order valence-corrected chi connectivity index (χ4v) is 5.24. The molecule has 0 aromatic heterocycles. The average molecular weight is 486 g/mol. The van der Waals surface area contributed by atoms with E-state index in [2.05, 4.69) is 0 Å². The van der Waals surface area contributed by atoms with Crippen LogP contribution in [-0.2, 0) is 15.6 Å². The van der Waals surface area contributed by atoms with E-state index in [0.29, 0.717) is 16.7 Å². The average Bonchev–Trinajstić information content (AvgIpc) is 2.88. The molecule has 0 radical (unpaired) electrons. The number of nitrogens with zero attached hydrogens (tertiary/aromatic N) is 2. The Balaban J connectivity index is 2.05. The maximum atomic E-state index is 12.9. The maximum absolute atomic E-state index is 12.9. The topological polar surface area (TPSA) is 80.8 Å². The molecule has 0 fully saturated rings. The van der Waals surface area contributed by atoms with Gasteiger partial charge in [0.25, 0.3) is 0 Å². The molecule has 0 unspecified atom stereocenters. The first kappa shape index (κ1) is 24.2. The lowest BCUT2D eigenvalue weighted by Gasteiger charge is -2.47. The molecular weight excluding hydrogens is 460 g/mol. The molecule has 0 N–H and O–H groups in total. The summed E-state index contributed by atoms with van der Waals surface area (Å²) in [5.74, 6) is 0. The van der Waals surface area contributed by atoms with Crippen molar-refractivity contribution in [2.24, 2.45) is 0 Å². The van der Waals surface area contributed by atoms with Crippen LogP contribution in [0.4, 0.5) is 10.5 Å². The Kier molecular flexibility index (Phi) is 6.73. The summed E-state index contributed by atoms with van der Waals surface area (Å²) in [4.78, 5) is 14.2. The van der Waals surface area contributed by atoms with E-state index < -0.39 is 21.7 Å². The third-order valence-electron chi connectivity index (χ3n) is 5.97. The molecule has 0 aliphatic carbocycles. The Hall–Kier alpha value is -3.94. The van der Waals surface area contributed by atoms with Crippen LogP contribution in [0.25, 0.3) is 0 Å². The lowest BCUT2D eigenvalue weighted by atomic mass is 9.75. The molecule has 0 heterocycles. The van der Waals surface area contributed by atoms with E-state index in [0.717, 1.165) is 4.31 Å². The van der Waals surface area contributed by atoms with Gasteiger partial charge < -0.3 is 14.8 Å². The predicted octanol–water partition coefficient (Wildman–Crippen LogP) is 4.08. The van der Waals surface area contributed by atoms with Gasteiger partial charge in [0.2, 0.25) is 10.0 Å². The van der Waals surface area contributed by atoms with Gasteiger partial charge in [-0.1, -0.05) is 91.0 Å². The lowest BCUT2D eigenvalue weighted by Crippen LogP contribution is -2.56. The molecule has 6 nitrogen and oxygen atoms in total. The minimum Gasteiger partial charge on any atom is -0.530 e. The zero-order valence-electron chi connectivity index (χ0n) is 19.4. The minimum atomic E-state index is -3.68. The summed E-state index contributed by atoms with van der Waals surface area (Å²) >= 11 is 0. The third-order valence-corrected chi connectivity index (χ3v) is 7.80. The van der Waals surface area contributed by atoms with Gasteiger partial charge in [0, 0.05) is 19.8 Å². The number of rotatable bonds is 7. The van der Waals surface area contributed by atoms with Gasteiger partial charge in [-0.05, 0) is 41.0 Å². The molecule has 4 rings (SSSR count). The number of carbonyl (C=O) groups excluding carboxylic acids is 1. The first-order valence-corrected chi connectivity index (χ1v) is 12.4. The predicted molar refractivity (Wildman–Crippen MR) is 134 cm³/mol. The van der Waals surface area contributed by atoms with Crippen LogP contribution in [0.1, 0.15) is 16.7 Å². The second-order valence-electron chi connectivity index (χ2n) is 8.19. The van der Waals surface area contributed by atoms with Gasteiger partial charge in [-0.2, -0.15) is 0 Å². The van der Waals surface area contributed by atoms with E-state index in [1.807, 2.05) is 91.0 Å². The molecule has 35 heavy (non-hydrogen) atoms. The largest absolute Gasteiger partial charge is 0.530 e. The number of hydrogen-bond acceptors (Lipinski definition) is 4. The molecule has 0 atom stereocenters. The van der Waals surface area contributed by atoms with Crippen molar-refractivity contribution in [2.45, 2.75) is 10.4 Å². The highest BCUT2D eigenvalue weighted by Crippen LogP contribution is 2.44. The van der Waals surface area contributed by atoms with Crippen LogP contribution in [0.2, 0.25) is 0 Å². The van der Waals surface area contributed by atoms with Crippen molar-refractivity contribution in [2.75, 3.05) is 19.0 Å². The van der Waals surface area contributed by atoms with Crippen molar-refractivity contribution in [1.29, 1.82) is 0 Å². The smallest absolute Gasteiger partial charge is 0.242 e. The standard InChI is InChI=1S/C28H26N2O4S/c1-29(2)35(33,34)26-20-18-25(19-21-26)30(27(31)32)28(22-12-6-3-7-13-22,23-14-8-4-9-15-23)24-16-10-5-11-17-24/h3-21H,1-2H3,(H,31,32)/p-1. The molecule has 178 valence electrons. The summed E-state index contributed by atoms with van der Waals surface area (Å²) in [7, 11) is -0.787. The van der Waals surface area contributed by atoms with Crippen LogP contribution in [-0.4, -0.2) is 32.9 Å². The SMILES string of the molecule is CN(C)S(=O)(=O)c1ccc(N(C(=O)[O-])C(c2ccccc2)(c2ccccc2)c2ccccc2)cc1. The zero-order chi connectivity index (χ0) is 25.1. The van der Waals surface area contributed by atoms with Crippen molar-refractivity contribution < 1.29 is 18.3 Å². The number of carbonyl (C=O) groups is 1. The van der Waals surface area contributed by atoms with Crippen molar-refractivity contribution in [3.63, 3.8) is 0 Å². The highest BCUT2D eigenvalue weighted by atomic mass is 32.2. The molecule has 0 aliphatic rings. The van der Waals surface area contributed by atoms with Crippen LogP contribution in [0.5, 0.6) is 0 Å². The van der Waals surface area contributed by atoms with E-state index in [-0.39, 0.29) is 10.6 Å². The Morgan fingerprint density at radius 2 is 1.03 bits per heavy atom. The zero-order valence-corrected chi connectivity index (χ0v) is 20.2. The summed E-state index contributed by atoms with van der Waals surface area (Å²) in [6, 6.07) is 33.8. The van der Waals surface area contributed by atoms with E-state index in [1.165, 1.54) is 43.3 Å². The van der Waals surface area contributed by atoms with Crippen molar-refractivity contribution >= 4 is 21.8 Å². The van der Waals surface area contributed by atoms with Gasteiger partial charge in [-0.25, -0.2) is 12.7 Å². The van der Waals surface area contributed by atoms with E-state index in [9.17, 15) is 18.3 Å². The van der Waals surface area contributed by atoms with Crippen LogP contribution in [0.3, 0.4) is 0 Å². The van der Waals surface area contributed by atoms with Crippen LogP contribution in [0, 0.1) is 0 Å². The summed E-state index contributed by atoms with van der Waals surface area (Å²) in [6.45, 7) is 0. The number of benzene rings is 4. The Bertz CT molecular complexity index is 1290. The summed E-state index contributed by atoms with van der Waals surface area (Å²) in [6.07, 6.45) is -1.43. The molecule has 7 heteroatoms. The van der Waals surface area contributed by atoms with Crippen LogP contribution in [0.15, 0.2) is 120 Å². The fourth-order valence-electron chi connectivity index (χ4n) is 4.34. The number of carboxylic acid groups (broad SMARTS) is 1. The van der Waals surface area contributed by atoms with Gasteiger partial charge in [0.05, 0.1) is 4.90 Å². The van der Waals surface area contributed by atoms with Crippen LogP contribution < -0.4 is 10.0 Å². The molecule has 0 spiro atoms. The van der Waals surface area contributed by atoms with Gasteiger partial charge in [-0.3, -0.25) is 0 Å². The van der Waals surface area contributed by atoms with Gasteiger partial charge in [-0.15, -0.1) is 0 Å². The van der Waals surface area contributed by atoms with E-state index in [1.54, 1.807) is 0 Å². The quantitative estimate of drug-likeness (QED) is 0.370. The van der Waals surface area contributed by atoms with Crippen molar-refractivity contribution in [3.05, 3.63) is 132 Å². The number of amides is 1. The normalized spacial score (nSPS) is 11.9. The first-order valence-electron chi connectivity index (χ1n) is 11.0. The molecule has 0 saturated carbocycles. The molecule has 4 aromatic carbocycles. The molecular formula is C28H25N2O4S-. The van der Waals surface area contributed by atoms with Gasteiger partial charge >= 0.3 is 0 Å². The second-order valence-corrected chi connectivity index (χ2v) is 10.3. The minimum absolute atomic E-state index is 0.0641. The maximum Gasteiger partial charge on any atom is 0.242 e. The number of anilines is 1. The Labute approximate surface area is 205 Å². The van der Waals surface area contributed by atoms with E-state index >= 15 is 0 Å². The summed E-state index contributed by atoms with van der Waals surface area (Å²) in [5.41, 5.74) is 1.12. The molecule has 0 saturated heterocycles. The molecule has 4 aromatic rings. The third kappa shape index (κ3) is 4.32. The Morgan fingerprint density at radius 1 is 0.657 bits per heavy atom. The summed E-state index contributed by atoms with van der Waals surface area (Å²) < 4.78 is 26.3. The number of sulfonamides is 1. The first-order chi connectivity index (χ1) is 16.8. The van der Waals surface area contributed by atoms with Crippen LogP contribution >= 0.6 is 0 Å². The van der Waals surface area contributed by atoms with E-state index in [4.69, 9.17) is 0 Å². The summed E-state index contributed by atoms with van der Waals surface area (Å²) in [5, 5.41) is 12.9. The van der Waals surface area contributed by atoms with Gasteiger partial charge in [0.15, 0.2) is 0 Å². The van der Waals surface area contributed by atoms with Crippen molar-refractivity contribution in [3.8, 4) is 0 Å². The number of hydrogen-bond donors (Lipinski definition) is 0. The highest BCUT2D eigenvalue weighted by Gasteiger charge is 2.43. The molecule has 0 aliphatic heterocycles. The monoisotopic (exact) mass is 485 g/mol. The van der Waals surface area contributed by atoms with Gasteiger partial charge in [0.1, 0.15) is 11.6 Å². The molecule has 0 bridgehead atoms. The lowest BCUT2D eigenvalue weighted by molar-refractivity contribution is -0.247. The highest BCUT2D eigenvalue weighted by molar-refractivity contribution is 7.89. The Morgan fingerprint density at radius 3 is 1.34 bits per heavy atom. The second kappa shape index (κ2) is 9.74. The fraction of sp³-hybridized carbons (Fsp3) is 0.107. The molecule has 1 amide bonds. The van der Waals surface area contributed by atoms with Crippen molar-refractivity contribution in [1.82, 2.24) is 4.31 Å².